The van der Waals surface area contributed by atoms with E-state index >= 15 is 0 Å². The summed E-state index contributed by atoms with van der Waals surface area (Å²) in [5, 5.41) is -1.19. The van der Waals surface area contributed by atoms with Gasteiger partial charge in [0.1, 0.15) is 4.87 Å². The Hall–Kier alpha value is 0.210. The number of halogens is 3. The highest BCUT2D eigenvalue weighted by Crippen LogP contribution is 2.30. The van der Waals surface area contributed by atoms with E-state index in [0.717, 1.165) is 0 Å². The minimum absolute atomic E-state index is 0.0417. The summed E-state index contributed by atoms with van der Waals surface area (Å²) in [7, 11) is 0. The van der Waals surface area contributed by atoms with E-state index in [9.17, 15) is 9.59 Å². The molecule has 0 N–H and O–H groups in total. The van der Waals surface area contributed by atoms with E-state index in [4.69, 9.17) is 34.8 Å². The molecule has 2 nitrogen and oxygen atoms in total. The van der Waals surface area contributed by atoms with Gasteiger partial charge in [0, 0.05) is 6.42 Å². The molecule has 0 saturated carbocycles. The normalized spacial score (nSPS) is 18.1. The number of carbonyl (C=O) groups is 2. The number of carbonyl (C=O) groups excluding carboxylic acids is 2. The van der Waals surface area contributed by atoms with Crippen LogP contribution >= 0.6 is 34.8 Å². The van der Waals surface area contributed by atoms with Gasteiger partial charge >= 0.3 is 0 Å². The molecule has 0 aliphatic heterocycles. The smallest absolute Gasteiger partial charge is 0.242 e. The average Bonchev–Trinajstić information content (AvgIpc) is 1.85. The molecule has 2 unspecified atom stereocenters. The maximum atomic E-state index is 10.8. The summed E-state index contributed by atoms with van der Waals surface area (Å²) in [6, 6.07) is 0. The Bertz CT molecular complexity index is 201. The fourth-order valence-corrected chi connectivity index (χ4v) is 1.12. The van der Waals surface area contributed by atoms with E-state index in [1.807, 2.05) is 0 Å². The van der Waals surface area contributed by atoms with Gasteiger partial charge in [-0.1, -0.05) is 6.92 Å². The van der Waals surface area contributed by atoms with Gasteiger partial charge in [-0.3, -0.25) is 9.59 Å². The first-order valence-electron chi connectivity index (χ1n) is 3.35. The summed E-state index contributed by atoms with van der Waals surface area (Å²) in [6.07, 6.45) is 0.0417. The summed E-state index contributed by atoms with van der Waals surface area (Å²) in [5.74, 6) is -0.367. The van der Waals surface area contributed by atoms with Crippen molar-refractivity contribution in [2.45, 2.75) is 25.1 Å². The van der Waals surface area contributed by atoms with E-state index in [-0.39, 0.29) is 12.3 Å². The molecule has 0 rings (SSSR count). The Balaban J connectivity index is 4.35. The van der Waals surface area contributed by atoms with Crippen molar-refractivity contribution < 1.29 is 9.59 Å². The molecular weight excluding hydrogens is 222 g/mol. The maximum absolute atomic E-state index is 10.8. The van der Waals surface area contributed by atoms with Crippen molar-refractivity contribution in [2.24, 2.45) is 5.92 Å². The van der Waals surface area contributed by atoms with Crippen molar-refractivity contribution in [3.63, 3.8) is 0 Å². The molecule has 5 heteroatoms. The first-order chi connectivity index (χ1) is 5.28. The third-order valence-corrected chi connectivity index (χ3v) is 2.96. The molecule has 0 aromatic rings. The number of alkyl halides is 1. The average molecular weight is 232 g/mol. The highest BCUT2D eigenvalue weighted by atomic mass is 35.5. The molecule has 0 fully saturated rings. The Morgan fingerprint density at radius 3 is 2.08 bits per heavy atom. The van der Waals surface area contributed by atoms with E-state index in [0.29, 0.717) is 0 Å². The van der Waals surface area contributed by atoms with Gasteiger partial charge in [-0.15, -0.1) is 11.6 Å². The largest absolute Gasteiger partial charge is 0.281 e. The lowest BCUT2D eigenvalue weighted by molar-refractivity contribution is -0.116. The van der Waals surface area contributed by atoms with E-state index < -0.39 is 15.4 Å². The van der Waals surface area contributed by atoms with Crippen LogP contribution in [0.15, 0.2) is 0 Å². The lowest BCUT2D eigenvalue weighted by Gasteiger charge is -2.23. The number of hydrogen-bond acceptors (Lipinski definition) is 2. The predicted octanol–water partition coefficient (Wildman–Crippen LogP) is 2.54. The van der Waals surface area contributed by atoms with Gasteiger partial charge in [0.2, 0.25) is 10.5 Å². The zero-order valence-electron chi connectivity index (χ0n) is 6.73. The molecule has 0 bridgehead atoms. The van der Waals surface area contributed by atoms with Crippen molar-refractivity contribution in [3.8, 4) is 0 Å². The first-order valence-corrected chi connectivity index (χ1v) is 4.49. The molecule has 0 saturated heterocycles. The standard InChI is InChI=1S/C7H9Cl3O2/c1-4(3-5(8)11)7(2,10)6(9)12/h4H,3H2,1-2H3. The quantitative estimate of drug-likeness (QED) is 0.550. The van der Waals surface area contributed by atoms with Crippen molar-refractivity contribution in [1.82, 2.24) is 0 Å². The first kappa shape index (κ1) is 12.2. The Labute approximate surface area is 86.2 Å². The Morgan fingerprint density at radius 2 is 1.83 bits per heavy atom. The minimum Gasteiger partial charge on any atom is -0.281 e. The topological polar surface area (TPSA) is 34.1 Å². The zero-order chi connectivity index (χ0) is 9.94. The summed E-state index contributed by atoms with van der Waals surface area (Å²) in [6.45, 7) is 3.11. The van der Waals surface area contributed by atoms with Crippen molar-refractivity contribution in [1.29, 1.82) is 0 Å². The van der Waals surface area contributed by atoms with Gasteiger partial charge in [-0.25, -0.2) is 0 Å². The van der Waals surface area contributed by atoms with Crippen LogP contribution in [0.1, 0.15) is 20.3 Å². The lowest BCUT2D eigenvalue weighted by Crippen LogP contribution is -2.33. The molecule has 0 aromatic heterocycles. The van der Waals surface area contributed by atoms with Crippen LogP contribution in [0.5, 0.6) is 0 Å². The summed E-state index contributed by atoms with van der Waals surface area (Å²) in [4.78, 5) is 20.0. The Kier molecular flexibility index (Phi) is 4.53. The fourth-order valence-electron chi connectivity index (χ4n) is 0.626. The van der Waals surface area contributed by atoms with Gasteiger partial charge in [-0.05, 0) is 36.0 Å². The van der Waals surface area contributed by atoms with Crippen LogP contribution < -0.4 is 0 Å². The molecule has 2 atom stereocenters. The maximum Gasteiger partial charge on any atom is 0.242 e. The van der Waals surface area contributed by atoms with Crippen LogP contribution in [0.25, 0.3) is 0 Å². The monoisotopic (exact) mass is 230 g/mol. The molecule has 0 amide bonds. The second-order valence-corrected chi connectivity index (χ2v) is 4.36. The fraction of sp³-hybridized carbons (Fsp3) is 0.714. The van der Waals surface area contributed by atoms with Gasteiger partial charge in [0.15, 0.2) is 0 Å². The van der Waals surface area contributed by atoms with Crippen LogP contribution in [-0.4, -0.2) is 15.4 Å². The van der Waals surface area contributed by atoms with E-state index in [2.05, 4.69) is 0 Å². The Morgan fingerprint density at radius 1 is 1.42 bits per heavy atom. The molecule has 0 aliphatic rings. The second-order valence-electron chi connectivity index (χ2n) is 2.81. The van der Waals surface area contributed by atoms with E-state index in [1.54, 1.807) is 6.92 Å². The van der Waals surface area contributed by atoms with Crippen LogP contribution in [0.2, 0.25) is 0 Å². The molecular formula is C7H9Cl3O2. The zero-order valence-corrected chi connectivity index (χ0v) is 9.00. The van der Waals surface area contributed by atoms with Gasteiger partial charge in [0.25, 0.3) is 0 Å². The summed E-state index contributed by atoms with van der Waals surface area (Å²) < 4.78 is 0. The molecule has 0 aromatic carbocycles. The number of rotatable bonds is 4. The molecule has 12 heavy (non-hydrogen) atoms. The summed E-state index contributed by atoms with van der Waals surface area (Å²) >= 11 is 16.1. The summed E-state index contributed by atoms with van der Waals surface area (Å²) in [5.41, 5.74) is 0. The van der Waals surface area contributed by atoms with Crippen LogP contribution in [0, 0.1) is 5.92 Å². The van der Waals surface area contributed by atoms with Crippen LogP contribution in [0.4, 0.5) is 0 Å². The second kappa shape index (κ2) is 4.45. The highest BCUT2D eigenvalue weighted by molar-refractivity contribution is 6.70. The lowest BCUT2D eigenvalue weighted by atomic mass is 9.94. The SMILES string of the molecule is CC(CC(=O)Cl)C(C)(Cl)C(=O)Cl. The van der Waals surface area contributed by atoms with Gasteiger partial charge < -0.3 is 0 Å². The van der Waals surface area contributed by atoms with E-state index in [1.165, 1.54) is 6.92 Å². The predicted molar refractivity (Wildman–Crippen MR) is 49.8 cm³/mol. The third-order valence-electron chi connectivity index (χ3n) is 1.78. The molecule has 0 radical (unpaired) electrons. The van der Waals surface area contributed by atoms with Gasteiger partial charge in [-0.2, -0.15) is 0 Å². The molecule has 0 spiro atoms. The van der Waals surface area contributed by atoms with Crippen LogP contribution in [-0.2, 0) is 9.59 Å². The highest BCUT2D eigenvalue weighted by Gasteiger charge is 2.36. The minimum atomic E-state index is -1.22. The van der Waals surface area contributed by atoms with Crippen LogP contribution in [0.3, 0.4) is 0 Å². The van der Waals surface area contributed by atoms with Crippen molar-refractivity contribution >= 4 is 45.3 Å². The molecule has 70 valence electrons. The van der Waals surface area contributed by atoms with Gasteiger partial charge in [0.05, 0.1) is 0 Å². The molecule has 0 aliphatic carbocycles. The van der Waals surface area contributed by atoms with Crippen molar-refractivity contribution in [3.05, 3.63) is 0 Å². The van der Waals surface area contributed by atoms with Crippen molar-refractivity contribution in [2.75, 3.05) is 0 Å². The number of hydrogen-bond donors (Lipinski definition) is 0. The molecule has 0 heterocycles. The third kappa shape index (κ3) is 3.30.